The van der Waals surface area contributed by atoms with E-state index in [1.54, 1.807) is 34.4 Å². The molecule has 5 rings (SSSR count). The van der Waals surface area contributed by atoms with E-state index in [1.807, 2.05) is 23.6 Å². The molecule has 9 heteroatoms. The Hall–Kier alpha value is -1.97. The highest BCUT2D eigenvalue weighted by Crippen LogP contribution is 2.44. The van der Waals surface area contributed by atoms with Crippen molar-refractivity contribution in [2.24, 2.45) is 0 Å². The van der Waals surface area contributed by atoms with Crippen LogP contribution in [0.25, 0.3) is 21.5 Å². The minimum absolute atomic E-state index is 0.00842. The Morgan fingerprint density at radius 1 is 1.08 bits per heavy atom. The molecule has 1 fully saturated rings. The van der Waals surface area contributed by atoms with Crippen molar-refractivity contribution >= 4 is 34.4 Å². The van der Waals surface area contributed by atoms with Crippen molar-refractivity contribution in [3.63, 3.8) is 0 Å². The second-order valence-corrected chi connectivity index (χ2v) is 9.27. The number of thioether (sulfide) groups is 1. The molecule has 4 aromatic rings. The summed E-state index contributed by atoms with van der Waals surface area (Å²) in [5.74, 6) is 2.15. The van der Waals surface area contributed by atoms with Crippen molar-refractivity contribution in [3.05, 3.63) is 40.9 Å². The Kier molecular flexibility index (Phi) is 4.14. The normalized spacial score (nSPS) is 15.4. The van der Waals surface area contributed by atoms with Gasteiger partial charge >= 0.3 is 0 Å². The molecule has 0 N–H and O–H groups in total. The molecule has 0 amide bonds. The molecule has 1 atom stereocenters. The molecular weight excluding hydrogens is 386 g/mol. The van der Waals surface area contributed by atoms with E-state index in [0.717, 1.165) is 20.7 Å². The Morgan fingerprint density at radius 3 is 2.54 bits per heavy atom. The first-order chi connectivity index (χ1) is 12.8. The number of hydrogen-bond acceptors (Lipinski definition) is 8. The second-order valence-electron chi connectivity index (χ2n) is 6.07. The van der Waals surface area contributed by atoms with Gasteiger partial charge in [0.15, 0.2) is 11.0 Å². The van der Waals surface area contributed by atoms with Gasteiger partial charge in [-0.15, -0.1) is 43.1 Å². The Morgan fingerprint density at radius 2 is 1.85 bits per heavy atom. The Balaban J connectivity index is 1.41. The van der Waals surface area contributed by atoms with Crippen molar-refractivity contribution in [3.8, 4) is 21.5 Å². The third-order valence-electron chi connectivity index (χ3n) is 4.12. The van der Waals surface area contributed by atoms with Gasteiger partial charge in [-0.2, -0.15) is 0 Å². The SMILES string of the molecule is CC(Sc1nnc(-c2cccs2)n1C1CC1)c1nnc(-c2cccs2)o1. The van der Waals surface area contributed by atoms with Crippen LogP contribution in [0.15, 0.2) is 44.6 Å². The van der Waals surface area contributed by atoms with Crippen molar-refractivity contribution in [1.82, 2.24) is 25.0 Å². The molecule has 1 unspecified atom stereocenters. The average Bonchev–Trinajstić information content (AvgIpc) is 3.19. The molecule has 26 heavy (non-hydrogen) atoms. The lowest BCUT2D eigenvalue weighted by Gasteiger charge is -2.09. The van der Waals surface area contributed by atoms with Gasteiger partial charge in [0.05, 0.1) is 15.0 Å². The molecule has 0 aromatic carbocycles. The van der Waals surface area contributed by atoms with Gasteiger partial charge in [0.25, 0.3) is 5.89 Å². The summed E-state index contributed by atoms with van der Waals surface area (Å²) in [5, 5.41) is 22.3. The molecule has 0 saturated heterocycles. The quantitative estimate of drug-likeness (QED) is 0.408. The zero-order chi connectivity index (χ0) is 17.5. The zero-order valence-electron chi connectivity index (χ0n) is 13.9. The number of nitrogens with zero attached hydrogens (tertiary/aromatic N) is 5. The Bertz CT molecular complexity index is 1000. The van der Waals surface area contributed by atoms with E-state index in [-0.39, 0.29) is 5.25 Å². The third kappa shape index (κ3) is 3.00. The van der Waals surface area contributed by atoms with Crippen molar-refractivity contribution in [1.29, 1.82) is 0 Å². The number of hydrogen-bond donors (Lipinski definition) is 0. The monoisotopic (exact) mass is 401 g/mol. The van der Waals surface area contributed by atoms with Crippen molar-refractivity contribution in [2.45, 2.75) is 36.2 Å². The molecule has 6 nitrogen and oxygen atoms in total. The van der Waals surface area contributed by atoms with E-state index in [9.17, 15) is 0 Å². The first-order valence-electron chi connectivity index (χ1n) is 8.32. The lowest BCUT2D eigenvalue weighted by molar-refractivity contribution is 0.509. The summed E-state index contributed by atoms with van der Waals surface area (Å²) in [6.45, 7) is 2.06. The Labute approximate surface area is 162 Å². The lowest BCUT2D eigenvalue weighted by Crippen LogP contribution is -2.00. The van der Waals surface area contributed by atoms with Crippen LogP contribution < -0.4 is 0 Å². The summed E-state index contributed by atoms with van der Waals surface area (Å²) < 4.78 is 8.14. The maximum atomic E-state index is 5.87. The van der Waals surface area contributed by atoms with Crippen molar-refractivity contribution < 1.29 is 4.42 Å². The van der Waals surface area contributed by atoms with Gasteiger partial charge in [0.2, 0.25) is 5.89 Å². The molecule has 0 bridgehead atoms. The zero-order valence-corrected chi connectivity index (χ0v) is 16.4. The first kappa shape index (κ1) is 16.2. The lowest BCUT2D eigenvalue weighted by atomic mass is 10.4. The maximum Gasteiger partial charge on any atom is 0.257 e. The van der Waals surface area contributed by atoms with Crippen LogP contribution in [0, 0.1) is 0 Å². The van der Waals surface area contributed by atoms with Gasteiger partial charge < -0.3 is 4.42 Å². The fourth-order valence-corrected chi connectivity index (χ4v) is 5.00. The fraction of sp³-hybridized carbons (Fsp3) is 0.294. The molecule has 132 valence electrons. The van der Waals surface area contributed by atoms with E-state index in [4.69, 9.17) is 4.42 Å². The van der Waals surface area contributed by atoms with Crippen LogP contribution in [0.3, 0.4) is 0 Å². The number of rotatable bonds is 6. The van der Waals surface area contributed by atoms with E-state index < -0.39 is 0 Å². The van der Waals surface area contributed by atoms with Crippen LogP contribution in [0.1, 0.15) is 36.9 Å². The van der Waals surface area contributed by atoms with Crippen LogP contribution in [0.2, 0.25) is 0 Å². The summed E-state index contributed by atoms with van der Waals surface area (Å²) in [7, 11) is 0. The van der Waals surface area contributed by atoms with Crippen LogP contribution in [-0.4, -0.2) is 25.0 Å². The maximum absolute atomic E-state index is 5.87. The van der Waals surface area contributed by atoms with E-state index in [2.05, 4.69) is 43.3 Å². The van der Waals surface area contributed by atoms with Crippen LogP contribution in [0.4, 0.5) is 0 Å². The molecule has 1 saturated carbocycles. The molecule has 4 heterocycles. The predicted octanol–water partition coefficient (Wildman–Crippen LogP) is 5.31. The second kappa shape index (κ2) is 6.64. The van der Waals surface area contributed by atoms with Gasteiger partial charge in [-0.3, -0.25) is 4.57 Å². The highest BCUT2D eigenvalue weighted by atomic mass is 32.2. The van der Waals surface area contributed by atoms with E-state index >= 15 is 0 Å². The van der Waals surface area contributed by atoms with E-state index in [0.29, 0.717) is 17.8 Å². The largest absolute Gasteiger partial charge is 0.419 e. The fourth-order valence-electron chi connectivity index (χ4n) is 2.70. The van der Waals surface area contributed by atoms with Crippen LogP contribution in [0.5, 0.6) is 0 Å². The molecule has 4 aromatic heterocycles. The standard InChI is InChI=1S/C17H15N5OS3/c1-10(15-19-20-16(23-15)13-5-3-9-25-13)26-17-21-18-14(12-4-2-8-24-12)22(17)11-6-7-11/h2-5,8-11H,6-7H2,1H3. The highest BCUT2D eigenvalue weighted by molar-refractivity contribution is 7.99. The summed E-state index contributed by atoms with van der Waals surface area (Å²) in [5.41, 5.74) is 0. The molecule has 1 aliphatic carbocycles. The molecule has 1 aliphatic rings. The predicted molar refractivity (Wildman–Crippen MR) is 103 cm³/mol. The summed E-state index contributed by atoms with van der Waals surface area (Å²) >= 11 is 4.91. The summed E-state index contributed by atoms with van der Waals surface area (Å²) in [4.78, 5) is 2.14. The smallest absolute Gasteiger partial charge is 0.257 e. The van der Waals surface area contributed by atoms with Gasteiger partial charge in [-0.1, -0.05) is 23.9 Å². The van der Waals surface area contributed by atoms with Gasteiger partial charge in [0.1, 0.15) is 0 Å². The molecule has 0 radical (unpaired) electrons. The molecule has 0 spiro atoms. The summed E-state index contributed by atoms with van der Waals surface area (Å²) in [6.07, 6.45) is 2.36. The van der Waals surface area contributed by atoms with Crippen molar-refractivity contribution in [2.75, 3.05) is 0 Å². The van der Waals surface area contributed by atoms with Crippen LogP contribution >= 0.6 is 34.4 Å². The molecular formula is C17H15N5OS3. The minimum Gasteiger partial charge on any atom is -0.419 e. The minimum atomic E-state index is 0.00842. The number of thiophene rings is 2. The van der Waals surface area contributed by atoms with Gasteiger partial charge in [0, 0.05) is 6.04 Å². The van der Waals surface area contributed by atoms with E-state index in [1.165, 1.54) is 12.8 Å². The first-order valence-corrected chi connectivity index (χ1v) is 11.0. The molecule has 0 aliphatic heterocycles. The topological polar surface area (TPSA) is 69.6 Å². The number of aromatic nitrogens is 5. The van der Waals surface area contributed by atoms with Crippen LogP contribution in [-0.2, 0) is 0 Å². The highest BCUT2D eigenvalue weighted by Gasteiger charge is 2.31. The summed E-state index contributed by atoms with van der Waals surface area (Å²) in [6, 6.07) is 8.60. The third-order valence-corrected chi connectivity index (χ3v) is 6.89. The average molecular weight is 402 g/mol. The van der Waals surface area contributed by atoms with Gasteiger partial charge in [-0.25, -0.2) is 0 Å². The van der Waals surface area contributed by atoms with Gasteiger partial charge in [-0.05, 0) is 42.7 Å².